The molecule has 5 rings (SSSR count). The predicted molar refractivity (Wildman–Crippen MR) is 142 cm³/mol. The van der Waals surface area contributed by atoms with Gasteiger partial charge in [0.05, 0.1) is 25.3 Å². The minimum atomic E-state index is -0.487. The van der Waals surface area contributed by atoms with Gasteiger partial charge in [-0.3, -0.25) is 4.79 Å². The second-order valence-electron chi connectivity index (χ2n) is 9.88. The molecule has 3 aromatic rings. The summed E-state index contributed by atoms with van der Waals surface area (Å²) in [6.07, 6.45) is 2.85. The Bertz CT molecular complexity index is 1360. The minimum absolute atomic E-state index is 0.0295. The number of carbonyl (C=O) groups is 1. The number of rotatable bonds is 10. The highest BCUT2D eigenvalue weighted by molar-refractivity contribution is 6.31. The van der Waals surface area contributed by atoms with Gasteiger partial charge >= 0.3 is 0 Å². The van der Waals surface area contributed by atoms with Crippen molar-refractivity contribution in [3.8, 4) is 28.5 Å². The van der Waals surface area contributed by atoms with Gasteiger partial charge in [-0.05, 0) is 61.2 Å². The smallest absolute Gasteiger partial charge is 0.251 e. The van der Waals surface area contributed by atoms with Gasteiger partial charge in [0, 0.05) is 40.8 Å². The molecule has 7 nitrogen and oxygen atoms in total. The Hall–Kier alpha value is -3.36. The fraction of sp³-hybridized carbons (Fsp3) is 0.379. The van der Waals surface area contributed by atoms with E-state index in [0.717, 1.165) is 30.5 Å². The van der Waals surface area contributed by atoms with Crippen LogP contribution >= 0.6 is 11.6 Å². The quantitative estimate of drug-likeness (QED) is 0.378. The van der Waals surface area contributed by atoms with Crippen LogP contribution in [0.4, 0.5) is 4.39 Å². The van der Waals surface area contributed by atoms with Crippen molar-refractivity contribution in [1.82, 2.24) is 10.3 Å². The first kappa shape index (κ1) is 26.3. The van der Waals surface area contributed by atoms with Gasteiger partial charge in [0.2, 0.25) is 0 Å². The van der Waals surface area contributed by atoms with Gasteiger partial charge < -0.3 is 24.6 Å². The Morgan fingerprint density at radius 1 is 1.24 bits per heavy atom. The molecule has 200 valence electrons. The summed E-state index contributed by atoms with van der Waals surface area (Å²) in [7, 11) is 1.50. The maximum absolute atomic E-state index is 13.9. The molecular weight excluding hydrogens is 511 g/mol. The summed E-state index contributed by atoms with van der Waals surface area (Å²) in [6, 6.07) is 11.6. The third-order valence-corrected chi connectivity index (χ3v) is 7.60. The number of hydrogen-bond donors (Lipinski definition) is 2. The van der Waals surface area contributed by atoms with Crippen LogP contribution in [0.2, 0.25) is 5.02 Å². The van der Waals surface area contributed by atoms with Crippen molar-refractivity contribution in [2.24, 2.45) is 5.92 Å². The number of methoxy groups -OCH3 is 1. The molecule has 0 bridgehead atoms. The molecule has 1 amide bonds. The molecule has 2 heterocycles. The lowest BCUT2D eigenvalue weighted by atomic mass is 9.80. The van der Waals surface area contributed by atoms with Crippen molar-refractivity contribution in [2.45, 2.75) is 31.6 Å². The van der Waals surface area contributed by atoms with Crippen molar-refractivity contribution in [1.29, 1.82) is 0 Å². The zero-order valence-corrected chi connectivity index (χ0v) is 22.1. The molecule has 9 heteroatoms. The maximum Gasteiger partial charge on any atom is 0.251 e. The molecule has 1 aromatic heterocycles. The number of aliphatic hydroxyl groups excluding tert-OH is 1. The van der Waals surface area contributed by atoms with Crippen molar-refractivity contribution in [3.05, 3.63) is 70.1 Å². The summed E-state index contributed by atoms with van der Waals surface area (Å²) in [4.78, 5) is 18.2. The van der Waals surface area contributed by atoms with Gasteiger partial charge in [0.1, 0.15) is 23.9 Å². The molecule has 1 aliphatic carbocycles. The number of ether oxygens (including phenoxy) is 3. The summed E-state index contributed by atoms with van der Waals surface area (Å²) < 4.78 is 30.6. The van der Waals surface area contributed by atoms with Gasteiger partial charge in [0.15, 0.2) is 11.5 Å². The van der Waals surface area contributed by atoms with Crippen LogP contribution in [-0.2, 0) is 11.8 Å². The van der Waals surface area contributed by atoms with Gasteiger partial charge in [-0.1, -0.05) is 18.5 Å². The molecular formula is C29H30ClFN2O5. The molecule has 2 N–H and O–H groups in total. The van der Waals surface area contributed by atoms with E-state index in [9.17, 15) is 9.18 Å². The Morgan fingerprint density at radius 3 is 2.76 bits per heavy atom. The molecule has 2 aliphatic rings. The van der Waals surface area contributed by atoms with Gasteiger partial charge in [-0.25, -0.2) is 9.37 Å². The summed E-state index contributed by atoms with van der Waals surface area (Å²) in [5.41, 5.74) is 3.26. The first-order valence-corrected chi connectivity index (χ1v) is 13.0. The van der Waals surface area contributed by atoms with E-state index in [1.54, 1.807) is 30.3 Å². The van der Waals surface area contributed by atoms with Crippen molar-refractivity contribution in [2.75, 3.05) is 33.5 Å². The second-order valence-corrected chi connectivity index (χ2v) is 10.3. The Balaban J connectivity index is 1.43. The number of halogens is 2. The van der Waals surface area contributed by atoms with Crippen LogP contribution in [0.5, 0.6) is 17.2 Å². The highest BCUT2D eigenvalue weighted by Crippen LogP contribution is 2.48. The largest absolute Gasteiger partial charge is 0.493 e. The Labute approximate surface area is 225 Å². The van der Waals surface area contributed by atoms with E-state index < -0.39 is 11.2 Å². The first-order chi connectivity index (χ1) is 18.3. The van der Waals surface area contributed by atoms with E-state index in [0.29, 0.717) is 53.1 Å². The Kier molecular flexibility index (Phi) is 7.45. The number of nitrogens with one attached hydrogen (secondary N) is 1. The van der Waals surface area contributed by atoms with Crippen molar-refractivity contribution >= 4 is 17.5 Å². The van der Waals surface area contributed by atoms with Crippen LogP contribution in [0, 0.1) is 11.7 Å². The molecule has 1 atom stereocenters. The average molecular weight is 541 g/mol. The van der Waals surface area contributed by atoms with E-state index in [1.807, 2.05) is 0 Å². The molecule has 0 radical (unpaired) electrons. The number of amides is 1. The Morgan fingerprint density at radius 2 is 2.05 bits per heavy atom. The zero-order chi connectivity index (χ0) is 26.9. The fourth-order valence-electron chi connectivity index (χ4n) is 4.94. The number of aliphatic hydroxyl groups is 1. The van der Waals surface area contributed by atoms with Crippen molar-refractivity contribution in [3.63, 3.8) is 0 Å². The normalized spacial score (nSPS) is 15.8. The highest BCUT2D eigenvalue weighted by atomic mass is 35.5. The van der Waals surface area contributed by atoms with E-state index in [2.05, 4.69) is 18.3 Å². The number of pyridine rings is 1. The second kappa shape index (κ2) is 10.8. The van der Waals surface area contributed by atoms with Crippen LogP contribution < -0.4 is 19.5 Å². The van der Waals surface area contributed by atoms with E-state index in [1.165, 1.54) is 13.2 Å². The lowest BCUT2D eigenvalue weighted by molar-refractivity contribution is 0.0941. The van der Waals surface area contributed by atoms with Crippen LogP contribution in [0.3, 0.4) is 0 Å². The van der Waals surface area contributed by atoms with Crippen LogP contribution in [-0.4, -0.2) is 49.5 Å². The summed E-state index contributed by atoms with van der Waals surface area (Å²) in [5.74, 6) is 1.22. The molecule has 1 aliphatic heterocycles. The SMILES string of the molecule is COc1cc(C(=O)NCC(C)(c2cc3c(c(-c4ccc(F)c(Cl)c4)n2)OCC3)C2CC2)ccc1OCCO. The van der Waals surface area contributed by atoms with Gasteiger partial charge in [-0.15, -0.1) is 0 Å². The molecule has 2 aromatic carbocycles. The van der Waals surface area contributed by atoms with Gasteiger partial charge in [-0.2, -0.15) is 0 Å². The number of hydrogen-bond acceptors (Lipinski definition) is 6. The summed E-state index contributed by atoms with van der Waals surface area (Å²) in [6.45, 7) is 3.08. The van der Waals surface area contributed by atoms with Crippen molar-refractivity contribution < 1.29 is 28.5 Å². The number of aromatic nitrogens is 1. The first-order valence-electron chi connectivity index (χ1n) is 12.7. The number of carbonyl (C=O) groups excluding carboxylic acids is 1. The topological polar surface area (TPSA) is 89.9 Å². The molecule has 38 heavy (non-hydrogen) atoms. The maximum atomic E-state index is 13.9. The minimum Gasteiger partial charge on any atom is -0.493 e. The summed E-state index contributed by atoms with van der Waals surface area (Å²) >= 11 is 6.08. The van der Waals surface area contributed by atoms with Crippen LogP contribution in [0.1, 0.15) is 41.4 Å². The standard InChI is InChI=1S/C29H30ClFN2O5/c1-29(20-5-6-20,16-32-28(35)19-4-8-23(37-12-10-34)24(14-19)36-2)25-15-18-9-11-38-27(18)26(33-25)17-3-7-22(31)21(30)13-17/h3-4,7-8,13-15,20,34H,5-6,9-12,16H2,1-2H3,(H,32,35). The number of fused-ring (bicyclic) bond motifs is 1. The van der Waals surface area contributed by atoms with Crippen LogP contribution in [0.15, 0.2) is 42.5 Å². The van der Waals surface area contributed by atoms with E-state index in [-0.39, 0.29) is 24.1 Å². The van der Waals surface area contributed by atoms with Gasteiger partial charge in [0.25, 0.3) is 5.91 Å². The molecule has 0 saturated heterocycles. The third-order valence-electron chi connectivity index (χ3n) is 7.32. The number of benzene rings is 2. The molecule has 0 spiro atoms. The lowest BCUT2D eigenvalue weighted by Gasteiger charge is -2.30. The van der Waals surface area contributed by atoms with E-state index in [4.69, 9.17) is 35.9 Å². The molecule has 1 unspecified atom stereocenters. The predicted octanol–water partition coefficient (Wildman–Crippen LogP) is 4.95. The van der Waals surface area contributed by atoms with E-state index >= 15 is 0 Å². The summed E-state index contributed by atoms with van der Waals surface area (Å²) in [5, 5.41) is 12.1. The number of nitrogens with zero attached hydrogens (tertiary/aromatic N) is 1. The highest BCUT2D eigenvalue weighted by Gasteiger charge is 2.45. The average Bonchev–Trinajstić information content (AvgIpc) is 3.69. The zero-order valence-electron chi connectivity index (χ0n) is 21.4. The fourth-order valence-corrected chi connectivity index (χ4v) is 5.12. The molecule has 1 saturated carbocycles. The van der Waals surface area contributed by atoms with Crippen LogP contribution in [0.25, 0.3) is 11.3 Å². The lowest BCUT2D eigenvalue weighted by Crippen LogP contribution is -2.41. The monoisotopic (exact) mass is 540 g/mol. The third kappa shape index (κ3) is 5.15. The molecule has 1 fully saturated rings.